The molecule has 0 unspecified atom stereocenters. The molecule has 4 aliphatic rings. The summed E-state index contributed by atoms with van der Waals surface area (Å²) in [6, 6.07) is 0. The number of aromatic nitrogens is 2. The number of carbonyl (C=O) groups excluding carboxylic acids is 1. The Labute approximate surface area is 197 Å². The lowest BCUT2D eigenvalue weighted by Crippen LogP contribution is -2.60. The fourth-order valence-electron chi connectivity index (χ4n) is 6.62. The zero-order valence-corrected chi connectivity index (χ0v) is 21.0. The van der Waals surface area contributed by atoms with Crippen LogP contribution in [0.5, 0.6) is 0 Å². The van der Waals surface area contributed by atoms with Crippen LogP contribution in [0.15, 0.2) is 9.95 Å². The van der Waals surface area contributed by atoms with Gasteiger partial charge in [0.1, 0.15) is 4.83 Å². The second kappa shape index (κ2) is 8.44. The Balaban J connectivity index is 1.38. The maximum atomic E-state index is 13.3. The summed E-state index contributed by atoms with van der Waals surface area (Å²) in [4.78, 5) is 33.3. The number of nitrogens with zero attached hydrogens (tertiary/aromatic N) is 2. The second-order valence-electron chi connectivity index (χ2n) is 10.3. The summed E-state index contributed by atoms with van der Waals surface area (Å²) in [6.45, 7) is 6.79. The first-order chi connectivity index (χ1) is 15.3. The summed E-state index contributed by atoms with van der Waals surface area (Å²) in [5, 5.41) is 4.46. The molecule has 0 saturated heterocycles. The van der Waals surface area contributed by atoms with Crippen molar-refractivity contribution in [1.29, 1.82) is 0 Å². The van der Waals surface area contributed by atoms with Gasteiger partial charge in [0.25, 0.3) is 5.56 Å². The predicted molar refractivity (Wildman–Crippen MR) is 130 cm³/mol. The minimum Gasteiger partial charge on any atom is -0.383 e. The van der Waals surface area contributed by atoms with Gasteiger partial charge in [-0.1, -0.05) is 11.8 Å². The van der Waals surface area contributed by atoms with Crippen molar-refractivity contribution in [2.24, 2.45) is 17.8 Å². The number of hydrogen-bond donors (Lipinski definition) is 1. The molecule has 6 rings (SSSR count). The van der Waals surface area contributed by atoms with E-state index in [0.717, 1.165) is 52.3 Å². The number of aryl methyl sites for hydroxylation is 2. The summed E-state index contributed by atoms with van der Waals surface area (Å²) in [5.41, 5.74) is 0.957. The number of fused-ring (bicyclic) bond motifs is 1. The molecular weight excluding hydrogens is 442 g/mol. The van der Waals surface area contributed by atoms with Crippen molar-refractivity contribution in [3.63, 3.8) is 0 Å². The van der Waals surface area contributed by atoms with Gasteiger partial charge in [-0.2, -0.15) is 0 Å². The molecule has 4 bridgehead atoms. The SMILES string of the molecule is COCCn1c(S[C@H](C)C(=O)NC23CC4CC(CC(C4)C2)C3)nc2sc(C)c(C)c2c1=O. The molecule has 1 amide bonds. The molecular formula is C24H33N3O3S2. The third-order valence-corrected chi connectivity index (χ3v) is 10.0. The number of carbonyl (C=O) groups is 1. The Kier molecular flexibility index (Phi) is 5.91. The molecule has 2 aromatic heterocycles. The van der Waals surface area contributed by atoms with E-state index in [0.29, 0.717) is 23.7 Å². The van der Waals surface area contributed by atoms with Crippen molar-refractivity contribution in [3.05, 3.63) is 20.8 Å². The van der Waals surface area contributed by atoms with Crippen molar-refractivity contribution < 1.29 is 9.53 Å². The van der Waals surface area contributed by atoms with Crippen LogP contribution in [-0.4, -0.2) is 40.0 Å². The van der Waals surface area contributed by atoms with E-state index in [1.165, 1.54) is 31.0 Å². The van der Waals surface area contributed by atoms with Crippen molar-refractivity contribution in [2.45, 2.75) is 81.8 Å². The highest BCUT2D eigenvalue weighted by Gasteiger charge is 2.51. The smallest absolute Gasteiger partial charge is 0.263 e. The van der Waals surface area contributed by atoms with Crippen molar-refractivity contribution in [2.75, 3.05) is 13.7 Å². The first-order valence-corrected chi connectivity index (χ1v) is 13.5. The molecule has 174 valence electrons. The standard InChI is InChI=1S/C24H33N3O3S2/c1-13-14(2)31-21-19(13)22(29)27(5-6-30-4)23(25-21)32-15(3)20(28)26-24-10-16-7-17(11-24)9-18(8-16)12-24/h15-18H,5-12H2,1-4H3,(H,26,28)/t15-,16?,17?,18?,24?/m1/s1. The highest BCUT2D eigenvalue weighted by Crippen LogP contribution is 2.55. The van der Waals surface area contributed by atoms with Crippen LogP contribution in [0.1, 0.15) is 55.9 Å². The van der Waals surface area contributed by atoms with Crippen LogP contribution >= 0.6 is 23.1 Å². The lowest BCUT2D eigenvalue weighted by atomic mass is 9.53. The van der Waals surface area contributed by atoms with E-state index in [2.05, 4.69) is 5.32 Å². The van der Waals surface area contributed by atoms with Crippen LogP contribution in [0.3, 0.4) is 0 Å². The molecule has 2 aromatic rings. The molecule has 4 aliphatic carbocycles. The van der Waals surface area contributed by atoms with Gasteiger partial charge in [-0.3, -0.25) is 14.2 Å². The fourth-order valence-corrected chi connectivity index (χ4v) is 8.62. The van der Waals surface area contributed by atoms with Gasteiger partial charge >= 0.3 is 0 Å². The highest BCUT2D eigenvalue weighted by molar-refractivity contribution is 8.00. The monoisotopic (exact) mass is 475 g/mol. The van der Waals surface area contributed by atoms with Crippen LogP contribution < -0.4 is 10.9 Å². The number of thiophene rings is 1. The first kappa shape index (κ1) is 22.4. The zero-order chi connectivity index (χ0) is 22.6. The van der Waals surface area contributed by atoms with E-state index in [1.807, 2.05) is 20.8 Å². The normalized spacial score (nSPS) is 29.6. The Hall–Kier alpha value is -1.38. The van der Waals surface area contributed by atoms with E-state index in [-0.39, 0.29) is 22.3 Å². The van der Waals surface area contributed by atoms with Crippen molar-refractivity contribution in [1.82, 2.24) is 14.9 Å². The van der Waals surface area contributed by atoms with Crippen LogP contribution in [0, 0.1) is 31.6 Å². The molecule has 6 nitrogen and oxygen atoms in total. The number of nitrogens with one attached hydrogen (secondary N) is 1. The maximum Gasteiger partial charge on any atom is 0.263 e. The van der Waals surface area contributed by atoms with Crippen molar-refractivity contribution in [3.8, 4) is 0 Å². The van der Waals surface area contributed by atoms with E-state index in [1.54, 1.807) is 23.0 Å². The Bertz CT molecular complexity index is 1070. The van der Waals surface area contributed by atoms with Gasteiger partial charge in [0, 0.05) is 17.5 Å². The number of methoxy groups -OCH3 is 1. The number of thioether (sulfide) groups is 1. The van der Waals surface area contributed by atoms with Gasteiger partial charge < -0.3 is 10.1 Å². The van der Waals surface area contributed by atoms with Crippen LogP contribution in [0.25, 0.3) is 10.2 Å². The van der Waals surface area contributed by atoms with E-state index in [9.17, 15) is 9.59 Å². The predicted octanol–water partition coefficient (Wildman–Crippen LogP) is 4.29. The average molecular weight is 476 g/mol. The zero-order valence-electron chi connectivity index (χ0n) is 19.4. The summed E-state index contributed by atoms with van der Waals surface area (Å²) in [7, 11) is 1.63. The molecule has 0 spiro atoms. The Morgan fingerprint density at radius 1 is 1.25 bits per heavy atom. The molecule has 2 heterocycles. The van der Waals surface area contributed by atoms with Crippen LogP contribution in [0.4, 0.5) is 0 Å². The molecule has 1 atom stereocenters. The minimum atomic E-state index is -0.316. The Morgan fingerprint density at radius 2 is 1.88 bits per heavy atom. The van der Waals surface area contributed by atoms with Gasteiger partial charge in [0.2, 0.25) is 5.91 Å². The van der Waals surface area contributed by atoms with Crippen molar-refractivity contribution >= 4 is 39.2 Å². The molecule has 1 N–H and O–H groups in total. The van der Waals surface area contributed by atoms with Gasteiger partial charge in [-0.05, 0) is 82.6 Å². The third kappa shape index (κ3) is 3.92. The number of rotatable bonds is 7. The van der Waals surface area contributed by atoms with Gasteiger partial charge in [0.05, 0.1) is 23.8 Å². The molecule has 32 heavy (non-hydrogen) atoms. The highest BCUT2D eigenvalue weighted by atomic mass is 32.2. The molecule has 0 aliphatic heterocycles. The van der Waals surface area contributed by atoms with E-state index < -0.39 is 0 Å². The van der Waals surface area contributed by atoms with Gasteiger partial charge in [-0.15, -0.1) is 11.3 Å². The second-order valence-corrected chi connectivity index (χ2v) is 12.8. The maximum absolute atomic E-state index is 13.3. The lowest BCUT2D eigenvalue weighted by molar-refractivity contribution is -0.126. The molecule has 0 aromatic carbocycles. The fraction of sp³-hybridized carbons (Fsp3) is 0.708. The summed E-state index contributed by atoms with van der Waals surface area (Å²) < 4.78 is 6.93. The van der Waals surface area contributed by atoms with E-state index in [4.69, 9.17) is 9.72 Å². The third-order valence-electron chi connectivity index (χ3n) is 7.85. The molecule has 0 radical (unpaired) electrons. The topological polar surface area (TPSA) is 73.2 Å². The van der Waals surface area contributed by atoms with E-state index >= 15 is 0 Å². The van der Waals surface area contributed by atoms with Gasteiger partial charge in [-0.25, -0.2) is 4.98 Å². The molecule has 8 heteroatoms. The van der Waals surface area contributed by atoms with Crippen LogP contribution in [0.2, 0.25) is 0 Å². The largest absolute Gasteiger partial charge is 0.383 e. The number of hydrogen-bond acceptors (Lipinski definition) is 6. The quantitative estimate of drug-likeness (QED) is 0.478. The Morgan fingerprint density at radius 3 is 2.47 bits per heavy atom. The lowest BCUT2D eigenvalue weighted by Gasteiger charge is -2.57. The minimum absolute atomic E-state index is 0.00424. The summed E-state index contributed by atoms with van der Waals surface area (Å²) in [6.07, 6.45) is 7.48. The molecule has 4 fully saturated rings. The summed E-state index contributed by atoms with van der Waals surface area (Å²) >= 11 is 2.94. The molecule has 4 saturated carbocycles. The van der Waals surface area contributed by atoms with Crippen LogP contribution in [-0.2, 0) is 16.1 Å². The number of ether oxygens (including phenoxy) is 1. The number of amides is 1. The average Bonchev–Trinajstić information content (AvgIpc) is 3.00. The summed E-state index contributed by atoms with van der Waals surface area (Å²) in [5.74, 6) is 2.44. The van der Waals surface area contributed by atoms with Gasteiger partial charge in [0.15, 0.2) is 5.16 Å². The first-order valence-electron chi connectivity index (χ1n) is 11.8.